The molecular formula is C18H26N2O4. The second kappa shape index (κ2) is 9.05. The fourth-order valence-electron chi connectivity index (χ4n) is 2.55. The first-order valence-electron chi connectivity index (χ1n) is 8.01. The number of carbonyl (C=O) groups is 3. The molecule has 1 N–H and O–H groups in total. The van der Waals surface area contributed by atoms with E-state index in [9.17, 15) is 14.4 Å². The summed E-state index contributed by atoms with van der Waals surface area (Å²) in [5.74, 6) is -1.10. The minimum Gasteiger partial charge on any atom is -0.442 e. The SMILES string of the molecule is CC(=O)OC(C)NC(=O)C(C(C)C)N(Cc1ccccc1)C(C)=O. The van der Waals surface area contributed by atoms with Crippen molar-refractivity contribution in [1.82, 2.24) is 10.2 Å². The van der Waals surface area contributed by atoms with Crippen LogP contribution in [0.2, 0.25) is 0 Å². The van der Waals surface area contributed by atoms with E-state index >= 15 is 0 Å². The summed E-state index contributed by atoms with van der Waals surface area (Å²) in [5, 5.41) is 2.64. The van der Waals surface area contributed by atoms with Gasteiger partial charge in [-0.1, -0.05) is 44.2 Å². The van der Waals surface area contributed by atoms with Crippen molar-refractivity contribution in [3.63, 3.8) is 0 Å². The number of hydrogen-bond acceptors (Lipinski definition) is 4. The van der Waals surface area contributed by atoms with Gasteiger partial charge in [-0.05, 0) is 18.4 Å². The predicted molar refractivity (Wildman–Crippen MR) is 90.7 cm³/mol. The van der Waals surface area contributed by atoms with Crippen molar-refractivity contribution in [2.45, 2.75) is 53.4 Å². The van der Waals surface area contributed by atoms with Crippen LogP contribution >= 0.6 is 0 Å². The smallest absolute Gasteiger partial charge is 0.304 e. The average molecular weight is 334 g/mol. The van der Waals surface area contributed by atoms with E-state index in [0.717, 1.165) is 5.56 Å². The minimum atomic E-state index is -0.748. The first-order valence-corrected chi connectivity index (χ1v) is 8.01. The van der Waals surface area contributed by atoms with Gasteiger partial charge in [-0.25, -0.2) is 0 Å². The highest BCUT2D eigenvalue weighted by Gasteiger charge is 2.31. The lowest BCUT2D eigenvalue weighted by Crippen LogP contribution is -2.53. The molecule has 0 aliphatic carbocycles. The van der Waals surface area contributed by atoms with Crippen LogP contribution in [0, 0.1) is 5.92 Å². The third kappa shape index (κ3) is 6.02. The van der Waals surface area contributed by atoms with Crippen molar-refractivity contribution in [3.8, 4) is 0 Å². The van der Waals surface area contributed by atoms with Crippen LogP contribution in [0.1, 0.15) is 40.2 Å². The van der Waals surface area contributed by atoms with Gasteiger partial charge in [-0.15, -0.1) is 0 Å². The van der Waals surface area contributed by atoms with E-state index in [1.807, 2.05) is 44.2 Å². The van der Waals surface area contributed by atoms with Crippen LogP contribution in [0.25, 0.3) is 0 Å². The van der Waals surface area contributed by atoms with Gasteiger partial charge < -0.3 is 15.0 Å². The minimum absolute atomic E-state index is 0.0952. The van der Waals surface area contributed by atoms with E-state index in [-0.39, 0.29) is 17.7 Å². The van der Waals surface area contributed by atoms with Gasteiger partial charge >= 0.3 is 5.97 Å². The number of nitrogens with one attached hydrogen (secondary N) is 1. The molecule has 2 amide bonds. The number of rotatable bonds is 7. The zero-order chi connectivity index (χ0) is 18.3. The molecular weight excluding hydrogens is 308 g/mol. The van der Waals surface area contributed by atoms with E-state index < -0.39 is 18.2 Å². The lowest BCUT2D eigenvalue weighted by atomic mass is 10.0. The molecule has 6 nitrogen and oxygen atoms in total. The van der Waals surface area contributed by atoms with Crippen LogP contribution in [0.3, 0.4) is 0 Å². The Morgan fingerprint density at radius 2 is 1.67 bits per heavy atom. The van der Waals surface area contributed by atoms with Crippen LogP contribution in [0.15, 0.2) is 30.3 Å². The number of benzene rings is 1. The molecule has 132 valence electrons. The summed E-state index contributed by atoms with van der Waals surface area (Å²) in [4.78, 5) is 37.3. The van der Waals surface area contributed by atoms with Crippen molar-refractivity contribution in [2.75, 3.05) is 0 Å². The Kier molecular flexibility index (Phi) is 7.42. The van der Waals surface area contributed by atoms with Crippen molar-refractivity contribution < 1.29 is 19.1 Å². The fraction of sp³-hybridized carbons (Fsp3) is 0.500. The Morgan fingerprint density at radius 1 is 1.08 bits per heavy atom. The number of hydrogen-bond donors (Lipinski definition) is 1. The lowest BCUT2D eigenvalue weighted by molar-refractivity contribution is -0.151. The molecule has 0 fully saturated rings. The molecule has 0 bridgehead atoms. The number of ether oxygens (including phenoxy) is 1. The second-order valence-corrected chi connectivity index (χ2v) is 6.08. The van der Waals surface area contributed by atoms with Crippen molar-refractivity contribution >= 4 is 17.8 Å². The van der Waals surface area contributed by atoms with E-state index in [1.165, 1.54) is 18.7 Å². The number of amides is 2. The molecule has 1 rings (SSSR count). The monoisotopic (exact) mass is 334 g/mol. The predicted octanol–water partition coefficient (Wildman–Crippen LogP) is 2.08. The van der Waals surface area contributed by atoms with Gasteiger partial charge in [0.2, 0.25) is 11.8 Å². The summed E-state index contributed by atoms with van der Waals surface area (Å²) in [7, 11) is 0. The molecule has 0 radical (unpaired) electrons. The van der Waals surface area contributed by atoms with Gasteiger partial charge in [-0.2, -0.15) is 0 Å². The molecule has 24 heavy (non-hydrogen) atoms. The van der Waals surface area contributed by atoms with Crippen LogP contribution < -0.4 is 5.32 Å². The Bertz CT molecular complexity index is 572. The zero-order valence-corrected chi connectivity index (χ0v) is 14.9. The zero-order valence-electron chi connectivity index (χ0n) is 14.9. The average Bonchev–Trinajstić information content (AvgIpc) is 2.46. The molecule has 0 heterocycles. The molecule has 0 aromatic heterocycles. The lowest BCUT2D eigenvalue weighted by Gasteiger charge is -2.33. The summed E-state index contributed by atoms with van der Waals surface area (Å²) in [6.45, 7) is 8.39. The third-order valence-corrected chi connectivity index (χ3v) is 3.52. The summed E-state index contributed by atoms with van der Waals surface area (Å²) in [6, 6.07) is 8.84. The molecule has 0 aliphatic heterocycles. The standard InChI is InChI=1S/C18H26N2O4/c1-12(2)17(18(23)19-13(3)24-15(5)22)20(14(4)21)11-16-9-7-6-8-10-16/h6-10,12-13,17H,11H2,1-5H3,(H,19,23). The van der Waals surface area contributed by atoms with Crippen molar-refractivity contribution in [2.24, 2.45) is 5.92 Å². The van der Waals surface area contributed by atoms with Crippen LogP contribution in [0.4, 0.5) is 0 Å². The van der Waals surface area contributed by atoms with E-state index in [0.29, 0.717) is 6.54 Å². The summed E-state index contributed by atoms with van der Waals surface area (Å²) in [5.41, 5.74) is 0.944. The largest absolute Gasteiger partial charge is 0.442 e. The second-order valence-electron chi connectivity index (χ2n) is 6.08. The number of esters is 1. The van der Waals surface area contributed by atoms with E-state index in [4.69, 9.17) is 4.74 Å². The molecule has 1 aromatic carbocycles. The van der Waals surface area contributed by atoms with Gasteiger partial charge in [0.25, 0.3) is 0 Å². The maximum absolute atomic E-state index is 12.6. The van der Waals surface area contributed by atoms with Gasteiger partial charge in [0.05, 0.1) is 0 Å². The van der Waals surface area contributed by atoms with Gasteiger partial charge in [0.1, 0.15) is 6.04 Å². The highest BCUT2D eigenvalue weighted by Crippen LogP contribution is 2.16. The first-order chi connectivity index (χ1) is 11.2. The molecule has 0 saturated carbocycles. The number of carbonyl (C=O) groups excluding carboxylic acids is 3. The summed E-state index contributed by atoms with van der Waals surface area (Å²) >= 11 is 0. The molecule has 0 saturated heterocycles. The Labute approximate surface area is 143 Å². The Balaban J connectivity index is 2.94. The van der Waals surface area contributed by atoms with Crippen LogP contribution in [-0.4, -0.2) is 35.0 Å². The van der Waals surface area contributed by atoms with Crippen LogP contribution in [0.5, 0.6) is 0 Å². The van der Waals surface area contributed by atoms with Gasteiger partial charge in [0.15, 0.2) is 6.23 Å². The molecule has 1 aromatic rings. The summed E-state index contributed by atoms with van der Waals surface area (Å²) in [6.07, 6.45) is -0.748. The number of nitrogens with zero attached hydrogens (tertiary/aromatic N) is 1. The van der Waals surface area contributed by atoms with Crippen molar-refractivity contribution in [3.05, 3.63) is 35.9 Å². The topological polar surface area (TPSA) is 75.7 Å². The highest BCUT2D eigenvalue weighted by atomic mass is 16.6. The van der Waals surface area contributed by atoms with Crippen molar-refractivity contribution in [1.29, 1.82) is 0 Å². The molecule has 6 heteroatoms. The Morgan fingerprint density at radius 3 is 2.12 bits per heavy atom. The molecule has 2 atom stereocenters. The highest BCUT2D eigenvalue weighted by molar-refractivity contribution is 5.87. The Hall–Kier alpha value is -2.37. The van der Waals surface area contributed by atoms with E-state index in [1.54, 1.807) is 6.92 Å². The molecule has 2 unspecified atom stereocenters. The molecule has 0 spiro atoms. The van der Waals surface area contributed by atoms with Crippen LogP contribution in [-0.2, 0) is 25.7 Å². The maximum Gasteiger partial charge on any atom is 0.304 e. The first kappa shape index (κ1) is 19.7. The normalized spacial score (nSPS) is 13.1. The fourth-order valence-corrected chi connectivity index (χ4v) is 2.55. The van der Waals surface area contributed by atoms with Gasteiger partial charge in [0, 0.05) is 20.4 Å². The molecule has 0 aliphatic rings. The maximum atomic E-state index is 12.6. The van der Waals surface area contributed by atoms with Gasteiger partial charge in [-0.3, -0.25) is 14.4 Å². The van der Waals surface area contributed by atoms with E-state index in [2.05, 4.69) is 5.32 Å². The quantitative estimate of drug-likeness (QED) is 0.612. The summed E-state index contributed by atoms with van der Waals surface area (Å²) < 4.78 is 4.93. The third-order valence-electron chi connectivity index (χ3n) is 3.52.